The summed E-state index contributed by atoms with van der Waals surface area (Å²) in [4.78, 5) is 30.7. The number of amides is 1. The third-order valence-corrected chi connectivity index (χ3v) is 7.83. The number of ether oxygens (including phenoxy) is 1. The molecule has 0 saturated carbocycles. The van der Waals surface area contributed by atoms with Crippen molar-refractivity contribution in [1.82, 2.24) is 19.9 Å². The Bertz CT molecular complexity index is 1570. The van der Waals surface area contributed by atoms with E-state index in [2.05, 4.69) is 25.9 Å². The highest BCUT2D eigenvalue weighted by Gasteiger charge is 2.25. The van der Waals surface area contributed by atoms with Gasteiger partial charge in [-0.15, -0.1) is 0 Å². The first-order valence-electron chi connectivity index (χ1n) is 13.3. The number of nitrogens with zero attached hydrogens (tertiary/aromatic N) is 5. The van der Waals surface area contributed by atoms with Crippen molar-refractivity contribution < 1.29 is 13.9 Å². The number of fused-ring (bicyclic) bond motifs is 2. The summed E-state index contributed by atoms with van der Waals surface area (Å²) in [6.45, 7) is 4.82. The van der Waals surface area contributed by atoms with Crippen molar-refractivity contribution >= 4 is 22.6 Å². The zero-order valence-electron chi connectivity index (χ0n) is 22.2. The molecule has 39 heavy (non-hydrogen) atoms. The first kappa shape index (κ1) is 25.2. The number of halogens is 1. The van der Waals surface area contributed by atoms with Gasteiger partial charge in [0.2, 0.25) is 5.88 Å². The predicted octanol–water partition coefficient (Wildman–Crippen LogP) is 4.27. The number of aryl methyl sites for hydroxylation is 1. The highest BCUT2D eigenvalue weighted by Crippen LogP contribution is 2.34. The Morgan fingerprint density at radius 2 is 1.85 bits per heavy atom. The number of likely N-dealkylation sites (tertiary alicyclic amines) is 1. The highest BCUT2D eigenvalue weighted by molar-refractivity contribution is 5.96. The van der Waals surface area contributed by atoms with Gasteiger partial charge in [-0.05, 0) is 78.8 Å². The summed E-state index contributed by atoms with van der Waals surface area (Å²) in [5.74, 6) is 0.339. The molecule has 1 amide bonds. The van der Waals surface area contributed by atoms with Gasteiger partial charge in [-0.3, -0.25) is 4.79 Å². The van der Waals surface area contributed by atoms with Gasteiger partial charge < -0.3 is 20.3 Å². The molecule has 2 aliphatic heterocycles. The summed E-state index contributed by atoms with van der Waals surface area (Å²) in [7, 11) is 1.40. The van der Waals surface area contributed by atoms with E-state index in [4.69, 9.17) is 10.5 Å². The minimum Gasteiger partial charge on any atom is -0.479 e. The Balaban J connectivity index is 1.32. The van der Waals surface area contributed by atoms with E-state index >= 15 is 0 Å². The average molecular weight is 527 g/mol. The van der Waals surface area contributed by atoms with Crippen LogP contribution >= 0.6 is 0 Å². The number of hydrogen-bond donors (Lipinski definition) is 1. The van der Waals surface area contributed by atoms with Crippen molar-refractivity contribution in [2.45, 2.75) is 38.8 Å². The zero-order valence-corrected chi connectivity index (χ0v) is 22.2. The van der Waals surface area contributed by atoms with E-state index in [-0.39, 0.29) is 17.8 Å². The SMILES string of the molecule is COc1ncc(-c2cc(C)c3ncnc(N4CCc5ccc(C(=O)N6CCC(N)CC6)cc5C4)c3c2)cc1F. The largest absolute Gasteiger partial charge is 0.479 e. The fourth-order valence-electron chi connectivity index (χ4n) is 5.64. The Kier molecular flexibility index (Phi) is 6.60. The van der Waals surface area contributed by atoms with Crippen LogP contribution in [0.3, 0.4) is 0 Å². The van der Waals surface area contributed by atoms with Gasteiger partial charge in [0.25, 0.3) is 5.91 Å². The third-order valence-electron chi connectivity index (χ3n) is 7.83. The van der Waals surface area contributed by atoms with Gasteiger partial charge in [0.15, 0.2) is 5.82 Å². The summed E-state index contributed by atoms with van der Waals surface area (Å²) in [6.07, 6.45) is 5.73. The van der Waals surface area contributed by atoms with Crippen molar-refractivity contribution in [2.75, 3.05) is 31.6 Å². The van der Waals surface area contributed by atoms with Crippen LogP contribution in [-0.2, 0) is 13.0 Å². The summed E-state index contributed by atoms with van der Waals surface area (Å²) in [6, 6.07) is 11.7. The maximum Gasteiger partial charge on any atom is 0.253 e. The number of pyridine rings is 1. The lowest BCUT2D eigenvalue weighted by molar-refractivity contribution is 0.0714. The number of piperidine rings is 1. The summed E-state index contributed by atoms with van der Waals surface area (Å²) < 4.78 is 19.4. The van der Waals surface area contributed by atoms with E-state index in [9.17, 15) is 9.18 Å². The van der Waals surface area contributed by atoms with E-state index in [1.165, 1.54) is 18.7 Å². The molecule has 0 spiro atoms. The Morgan fingerprint density at radius 3 is 2.62 bits per heavy atom. The highest BCUT2D eigenvalue weighted by atomic mass is 19.1. The minimum absolute atomic E-state index is 0.0334. The monoisotopic (exact) mass is 526 g/mol. The second-order valence-electron chi connectivity index (χ2n) is 10.4. The predicted molar refractivity (Wildman–Crippen MR) is 148 cm³/mol. The molecule has 4 heterocycles. The second-order valence-corrected chi connectivity index (χ2v) is 10.4. The van der Waals surface area contributed by atoms with E-state index in [0.717, 1.165) is 59.2 Å². The van der Waals surface area contributed by atoms with Crippen molar-refractivity contribution in [3.8, 4) is 17.0 Å². The molecular weight excluding hydrogens is 495 g/mol. The molecule has 0 unspecified atom stereocenters. The van der Waals surface area contributed by atoms with Gasteiger partial charge in [0, 0.05) is 54.9 Å². The van der Waals surface area contributed by atoms with E-state index in [0.29, 0.717) is 30.8 Å². The van der Waals surface area contributed by atoms with Crippen LogP contribution in [0.2, 0.25) is 0 Å². The molecule has 2 aliphatic rings. The van der Waals surface area contributed by atoms with Crippen LogP contribution in [0.1, 0.15) is 39.9 Å². The number of carbonyl (C=O) groups excluding carboxylic acids is 1. The molecule has 0 bridgehead atoms. The van der Waals surface area contributed by atoms with Crippen LogP contribution in [0.4, 0.5) is 10.2 Å². The first-order chi connectivity index (χ1) is 18.9. The number of rotatable bonds is 4. The van der Waals surface area contributed by atoms with Gasteiger partial charge in [0.1, 0.15) is 12.1 Å². The molecule has 1 fully saturated rings. The molecule has 0 atom stereocenters. The maximum absolute atomic E-state index is 14.4. The number of nitrogens with two attached hydrogens (primary N) is 1. The molecule has 2 N–H and O–H groups in total. The summed E-state index contributed by atoms with van der Waals surface area (Å²) in [5, 5.41) is 0.893. The van der Waals surface area contributed by atoms with E-state index < -0.39 is 5.82 Å². The first-order valence-corrected chi connectivity index (χ1v) is 13.3. The van der Waals surface area contributed by atoms with Crippen LogP contribution in [0, 0.1) is 12.7 Å². The smallest absolute Gasteiger partial charge is 0.253 e. The van der Waals surface area contributed by atoms with Crippen LogP contribution in [0.25, 0.3) is 22.0 Å². The number of benzene rings is 2. The number of hydrogen-bond acceptors (Lipinski definition) is 7. The third kappa shape index (κ3) is 4.78. The summed E-state index contributed by atoms with van der Waals surface area (Å²) in [5.41, 5.74) is 12.4. The topological polar surface area (TPSA) is 97.5 Å². The molecule has 0 radical (unpaired) electrons. The fraction of sp³-hybridized carbons (Fsp3) is 0.333. The van der Waals surface area contributed by atoms with Crippen molar-refractivity contribution in [2.24, 2.45) is 5.73 Å². The lowest BCUT2D eigenvalue weighted by Gasteiger charge is -2.32. The molecule has 9 heteroatoms. The molecule has 4 aromatic rings. The van der Waals surface area contributed by atoms with Crippen molar-refractivity contribution in [3.63, 3.8) is 0 Å². The molecule has 6 rings (SSSR count). The van der Waals surface area contributed by atoms with Crippen LogP contribution in [0.15, 0.2) is 48.9 Å². The zero-order chi connectivity index (χ0) is 27.1. The number of aromatic nitrogens is 3. The van der Waals surface area contributed by atoms with Gasteiger partial charge in [-0.2, -0.15) is 0 Å². The molecule has 0 aliphatic carbocycles. The van der Waals surface area contributed by atoms with Gasteiger partial charge in [-0.25, -0.2) is 19.3 Å². The lowest BCUT2D eigenvalue weighted by atomic mass is 9.95. The molecule has 2 aromatic heterocycles. The van der Waals surface area contributed by atoms with Crippen LogP contribution < -0.4 is 15.4 Å². The van der Waals surface area contributed by atoms with Crippen molar-refractivity contribution in [3.05, 3.63) is 77.0 Å². The van der Waals surface area contributed by atoms with Gasteiger partial charge in [0.05, 0.1) is 12.6 Å². The number of methoxy groups -OCH3 is 1. The van der Waals surface area contributed by atoms with Crippen LogP contribution in [-0.4, -0.2) is 58.5 Å². The van der Waals surface area contributed by atoms with Crippen LogP contribution in [0.5, 0.6) is 5.88 Å². The maximum atomic E-state index is 14.4. The standard InChI is InChI=1S/C30H31FN6O2/c1-18-11-21(22-14-26(31)29(39-2)33-15-22)13-25-27(18)34-17-35-28(25)37-8-5-19-3-4-20(12-23(19)16-37)30(38)36-9-6-24(32)7-10-36/h3-4,11-15,17,24H,5-10,16,32H2,1-2H3. The second kappa shape index (κ2) is 10.2. The molecule has 8 nitrogen and oxygen atoms in total. The molecular formula is C30H31FN6O2. The average Bonchev–Trinajstić information content (AvgIpc) is 2.96. The Morgan fingerprint density at radius 1 is 1.03 bits per heavy atom. The van der Waals surface area contributed by atoms with Gasteiger partial charge in [-0.1, -0.05) is 6.07 Å². The number of carbonyl (C=O) groups is 1. The van der Waals surface area contributed by atoms with Gasteiger partial charge >= 0.3 is 0 Å². The molecule has 2 aromatic carbocycles. The molecule has 200 valence electrons. The van der Waals surface area contributed by atoms with Crippen molar-refractivity contribution in [1.29, 1.82) is 0 Å². The fourth-order valence-corrected chi connectivity index (χ4v) is 5.64. The minimum atomic E-state index is -0.511. The Labute approximate surface area is 226 Å². The number of anilines is 1. The molecule has 1 saturated heterocycles. The quantitative estimate of drug-likeness (QED) is 0.424. The summed E-state index contributed by atoms with van der Waals surface area (Å²) >= 11 is 0. The lowest BCUT2D eigenvalue weighted by Crippen LogP contribution is -2.43. The van der Waals surface area contributed by atoms with E-state index in [1.54, 1.807) is 12.5 Å². The van der Waals surface area contributed by atoms with E-state index in [1.807, 2.05) is 36.1 Å². The normalized spacial score (nSPS) is 15.9. The Hall–Kier alpha value is -4.11.